The minimum absolute atomic E-state index is 0.149. The first-order valence-corrected chi connectivity index (χ1v) is 8.30. The maximum absolute atomic E-state index is 12.2. The molecule has 1 rings (SSSR count). The van der Waals surface area contributed by atoms with Crippen LogP contribution >= 0.6 is 0 Å². The topological polar surface area (TPSA) is 108 Å². The van der Waals surface area contributed by atoms with Crippen LogP contribution in [0.25, 0.3) is 0 Å². The van der Waals surface area contributed by atoms with Gasteiger partial charge in [-0.05, 0) is 19.3 Å². The van der Waals surface area contributed by atoms with Crippen LogP contribution in [-0.4, -0.2) is 47.8 Å². The number of amides is 3. The summed E-state index contributed by atoms with van der Waals surface area (Å²) in [4.78, 5) is 33.9. The molecular weight excluding hydrogens is 343 g/mol. The predicted octanol–water partition coefficient (Wildman–Crippen LogP) is 1.92. The fraction of sp³-hybridized carbons (Fsp3) is 0.800. The lowest BCUT2D eigenvalue weighted by Gasteiger charge is -2.22. The van der Waals surface area contributed by atoms with Gasteiger partial charge in [-0.15, -0.1) is 0 Å². The Bertz CT molecular complexity index is 465. The Hall–Kier alpha value is -2.00. The fourth-order valence-corrected chi connectivity index (χ4v) is 2.63. The average Bonchev–Trinajstić information content (AvgIpc) is 2.50. The van der Waals surface area contributed by atoms with Gasteiger partial charge in [0.1, 0.15) is 6.04 Å². The number of nitrogens with one attached hydrogen (secondary N) is 3. The van der Waals surface area contributed by atoms with Gasteiger partial charge in [0.15, 0.2) is 0 Å². The van der Waals surface area contributed by atoms with Gasteiger partial charge in [-0.3, -0.25) is 4.79 Å². The molecule has 25 heavy (non-hydrogen) atoms. The number of carbonyl (C=O) groups excluding carboxylic acids is 2. The number of urea groups is 1. The maximum atomic E-state index is 12.2. The molecule has 1 aliphatic carbocycles. The summed E-state index contributed by atoms with van der Waals surface area (Å²) in [6, 6.07) is -2.20. The maximum Gasteiger partial charge on any atom is 0.391 e. The molecule has 0 bridgehead atoms. The van der Waals surface area contributed by atoms with Crippen LogP contribution in [0.4, 0.5) is 18.0 Å². The molecule has 1 saturated carbocycles. The van der Waals surface area contributed by atoms with Gasteiger partial charge >= 0.3 is 18.2 Å². The van der Waals surface area contributed by atoms with Gasteiger partial charge in [0.2, 0.25) is 5.91 Å². The van der Waals surface area contributed by atoms with Gasteiger partial charge in [0, 0.05) is 19.0 Å². The van der Waals surface area contributed by atoms with Crippen LogP contribution in [0.3, 0.4) is 0 Å². The van der Waals surface area contributed by atoms with Crippen molar-refractivity contribution >= 4 is 17.9 Å². The van der Waals surface area contributed by atoms with Gasteiger partial charge < -0.3 is 21.1 Å². The molecule has 0 saturated heterocycles. The molecule has 4 N–H and O–H groups in total. The molecule has 0 spiro atoms. The van der Waals surface area contributed by atoms with E-state index in [0.717, 1.165) is 25.7 Å². The Balaban J connectivity index is 2.20. The number of rotatable bonds is 8. The molecule has 10 heteroatoms. The number of carboxylic acid groups (broad SMARTS) is 1. The third kappa shape index (κ3) is 9.78. The monoisotopic (exact) mass is 367 g/mol. The number of carboxylic acids is 1. The zero-order valence-electron chi connectivity index (χ0n) is 13.8. The summed E-state index contributed by atoms with van der Waals surface area (Å²) in [6.07, 6.45) is -1.10. The highest BCUT2D eigenvalue weighted by Gasteiger charge is 2.36. The summed E-state index contributed by atoms with van der Waals surface area (Å²) < 4.78 is 36.7. The van der Waals surface area contributed by atoms with Crippen LogP contribution in [-0.2, 0) is 9.59 Å². The Labute approximate surface area is 143 Å². The zero-order chi connectivity index (χ0) is 18.9. The SMILES string of the molecule is O=C(CCCNC(=O)NC1CCCCC1)NC(CC(F)(F)F)C(=O)O. The number of halogens is 3. The van der Waals surface area contributed by atoms with E-state index in [1.807, 2.05) is 5.32 Å². The smallest absolute Gasteiger partial charge is 0.391 e. The van der Waals surface area contributed by atoms with E-state index in [1.54, 1.807) is 0 Å². The molecule has 1 aliphatic rings. The molecular formula is C15H24F3N3O4. The molecule has 7 nitrogen and oxygen atoms in total. The molecule has 0 radical (unpaired) electrons. The van der Waals surface area contributed by atoms with Crippen molar-refractivity contribution in [3.05, 3.63) is 0 Å². The molecule has 1 unspecified atom stereocenters. The van der Waals surface area contributed by atoms with Crippen molar-refractivity contribution < 1.29 is 32.7 Å². The van der Waals surface area contributed by atoms with Crippen LogP contribution in [0.1, 0.15) is 51.4 Å². The molecule has 0 aliphatic heterocycles. The molecule has 0 aromatic carbocycles. The van der Waals surface area contributed by atoms with Gasteiger partial charge in [-0.2, -0.15) is 13.2 Å². The van der Waals surface area contributed by atoms with E-state index in [4.69, 9.17) is 5.11 Å². The molecule has 0 heterocycles. The van der Waals surface area contributed by atoms with E-state index in [9.17, 15) is 27.6 Å². The largest absolute Gasteiger partial charge is 0.480 e. The van der Waals surface area contributed by atoms with Crippen LogP contribution in [0, 0.1) is 0 Å². The molecule has 144 valence electrons. The van der Waals surface area contributed by atoms with E-state index in [0.29, 0.717) is 0 Å². The average molecular weight is 367 g/mol. The summed E-state index contributed by atoms with van der Waals surface area (Å²) in [7, 11) is 0. The van der Waals surface area contributed by atoms with Crippen LogP contribution in [0.15, 0.2) is 0 Å². The summed E-state index contributed by atoms with van der Waals surface area (Å²) in [5.74, 6) is -2.54. The van der Waals surface area contributed by atoms with Crippen molar-refractivity contribution in [3.8, 4) is 0 Å². The van der Waals surface area contributed by atoms with Crippen molar-refractivity contribution in [2.75, 3.05) is 6.54 Å². The number of carbonyl (C=O) groups is 3. The second-order valence-corrected chi connectivity index (χ2v) is 6.12. The standard InChI is InChI=1S/C15H24F3N3O4/c16-15(17,18)9-11(13(23)24)21-12(22)7-4-8-19-14(25)20-10-5-2-1-3-6-10/h10-11H,1-9H2,(H,21,22)(H,23,24)(H2,19,20,25). The van der Waals surface area contributed by atoms with Gasteiger partial charge in [-0.25, -0.2) is 9.59 Å². The summed E-state index contributed by atoms with van der Waals surface area (Å²) in [5, 5.41) is 15.9. The highest BCUT2D eigenvalue weighted by molar-refractivity contribution is 5.83. The van der Waals surface area contributed by atoms with E-state index in [1.165, 1.54) is 6.42 Å². The minimum atomic E-state index is -4.69. The van der Waals surface area contributed by atoms with Crippen molar-refractivity contribution in [2.24, 2.45) is 0 Å². The van der Waals surface area contributed by atoms with Crippen LogP contribution < -0.4 is 16.0 Å². The Morgan fingerprint density at radius 3 is 2.32 bits per heavy atom. The quantitative estimate of drug-likeness (QED) is 0.492. The first kappa shape index (κ1) is 21.0. The lowest BCUT2D eigenvalue weighted by atomic mass is 9.96. The summed E-state index contributed by atoms with van der Waals surface area (Å²) in [5.41, 5.74) is 0. The minimum Gasteiger partial charge on any atom is -0.480 e. The van der Waals surface area contributed by atoms with Crippen molar-refractivity contribution in [3.63, 3.8) is 0 Å². The van der Waals surface area contributed by atoms with Gasteiger partial charge in [0.05, 0.1) is 6.42 Å². The molecule has 1 atom stereocenters. The number of alkyl halides is 3. The Morgan fingerprint density at radius 1 is 1.12 bits per heavy atom. The first-order valence-electron chi connectivity index (χ1n) is 8.30. The lowest BCUT2D eigenvalue weighted by molar-refractivity contribution is -0.160. The van der Waals surface area contributed by atoms with E-state index in [-0.39, 0.29) is 31.5 Å². The number of hydrogen-bond acceptors (Lipinski definition) is 3. The van der Waals surface area contributed by atoms with Crippen LogP contribution in [0.5, 0.6) is 0 Å². The third-order valence-electron chi connectivity index (χ3n) is 3.88. The molecule has 3 amide bonds. The highest BCUT2D eigenvalue weighted by atomic mass is 19.4. The van der Waals surface area contributed by atoms with E-state index in [2.05, 4.69) is 10.6 Å². The lowest BCUT2D eigenvalue weighted by Crippen LogP contribution is -2.44. The Kier molecular flexibility index (Phi) is 8.50. The van der Waals surface area contributed by atoms with Crippen molar-refractivity contribution in [2.45, 2.75) is 69.6 Å². The molecule has 0 aromatic heterocycles. The van der Waals surface area contributed by atoms with Crippen molar-refractivity contribution in [1.29, 1.82) is 0 Å². The van der Waals surface area contributed by atoms with Crippen molar-refractivity contribution in [1.82, 2.24) is 16.0 Å². The zero-order valence-corrected chi connectivity index (χ0v) is 13.8. The highest BCUT2D eigenvalue weighted by Crippen LogP contribution is 2.21. The summed E-state index contributed by atoms with van der Waals surface area (Å²) in [6.45, 7) is 0.170. The second kappa shape index (κ2) is 10.1. The summed E-state index contributed by atoms with van der Waals surface area (Å²) >= 11 is 0. The molecule has 1 fully saturated rings. The normalized spacial score (nSPS) is 16.8. The van der Waals surface area contributed by atoms with E-state index >= 15 is 0 Å². The fourth-order valence-electron chi connectivity index (χ4n) is 2.63. The van der Waals surface area contributed by atoms with Gasteiger partial charge in [-0.1, -0.05) is 19.3 Å². The first-order chi connectivity index (χ1) is 11.7. The van der Waals surface area contributed by atoms with E-state index < -0.39 is 30.5 Å². The third-order valence-corrected chi connectivity index (χ3v) is 3.88. The Morgan fingerprint density at radius 2 is 1.76 bits per heavy atom. The number of hydrogen-bond donors (Lipinski definition) is 4. The molecule has 0 aromatic rings. The number of aliphatic carboxylic acids is 1. The second-order valence-electron chi connectivity index (χ2n) is 6.12. The van der Waals surface area contributed by atoms with Crippen LogP contribution in [0.2, 0.25) is 0 Å². The predicted molar refractivity (Wildman–Crippen MR) is 82.9 cm³/mol. The van der Waals surface area contributed by atoms with Gasteiger partial charge in [0.25, 0.3) is 0 Å².